The van der Waals surface area contributed by atoms with Gasteiger partial charge >= 0.3 is 0 Å². The van der Waals surface area contributed by atoms with Crippen molar-refractivity contribution in [1.82, 2.24) is 9.78 Å². The lowest BCUT2D eigenvalue weighted by atomic mass is 10.1. The zero-order chi connectivity index (χ0) is 22.7. The van der Waals surface area contributed by atoms with Gasteiger partial charge in [-0.25, -0.2) is 4.39 Å². The third-order valence-electron chi connectivity index (χ3n) is 5.00. The van der Waals surface area contributed by atoms with Crippen LogP contribution in [0.5, 0.6) is 5.75 Å². The van der Waals surface area contributed by atoms with Crippen molar-refractivity contribution in [1.29, 1.82) is 0 Å². The Morgan fingerprint density at radius 3 is 2.81 bits per heavy atom. The summed E-state index contributed by atoms with van der Waals surface area (Å²) in [4.78, 5) is 13.2. The van der Waals surface area contributed by atoms with Crippen molar-refractivity contribution in [3.05, 3.63) is 98.2 Å². The van der Waals surface area contributed by atoms with E-state index in [9.17, 15) is 9.18 Å². The Morgan fingerprint density at radius 2 is 2.03 bits per heavy atom. The molecule has 164 valence electrons. The van der Waals surface area contributed by atoms with Crippen LogP contribution in [-0.2, 0) is 13.2 Å². The number of aryl methyl sites for hydroxylation is 2. The summed E-state index contributed by atoms with van der Waals surface area (Å²) < 4.78 is 20.7. The molecule has 0 unspecified atom stereocenters. The molecule has 2 aromatic carbocycles. The van der Waals surface area contributed by atoms with E-state index >= 15 is 0 Å². The lowest BCUT2D eigenvalue weighted by Gasteiger charge is -2.07. The highest BCUT2D eigenvalue weighted by Crippen LogP contribution is 2.22. The van der Waals surface area contributed by atoms with Gasteiger partial charge in [-0.05, 0) is 66.2 Å². The van der Waals surface area contributed by atoms with Crippen LogP contribution < -0.4 is 10.1 Å². The van der Waals surface area contributed by atoms with E-state index in [2.05, 4.69) is 17.3 Å². The van der Waals surface area contributed by atoms with Crippen molar-refractivity contribution in [3.63, 3.8) is 0 Å². The Labute approximate surface area is 194 Å². The number of ether oxygens (including phenoxy) is 1. The van der Waals surface area contributed by atoms with Gasteiger partial charge in [-0.3, -0.25) is 9.48 Å². The molecule has 8 heteroatoms. The molecule has 0 fully saturated rings. The first-order valence-corrected chi connectivity index (χ1v) is 11.2. The molecule has 5 nitrogen and oxygen atoms in total. The Hall–Kier alpha value is -3.16. The average Bonchev–Trinajstić information content (AvgIpc) is 3.40. The van der Waals surface area contributed by atoms with Gasteiger partial charge in [-0.15, -0.1) is 11.3 Å². The summed E-state index contributed by atoms with van der Waals surface area (Å²) in [5.41, 5.74) is 4.63. The van der Waals surface area contributed by atoms with Crippen molar-refractivity contribution in [3.8, 4) is 5.75 Å². The van der Waals surface area contributed by atoms with Crippen molar-refractivity contribution in [2.75, 3.05) is 5.32 Å². The monoisotopic (exact) mass is 469 g/mol. The van der Waals surface area contributed by atoms with E-state index in [-0.39, 0.29) is 11.7 Å². The van der Waals surface area contributed by atoms with E-state index in [0.717, 1.165) is 16.9 Å². The van der Waals surface area contributed by atoms with Crippen LogP contribution in [-0.4, -0.2) is 15.7 Å². The minimum atomic E-state index is -0.387. The number of halogens is 2. The molecule has 2 heterocycles. The summed E-state index contributed by atoms with van der Waals surface area (Å²) in [5, 5.41) is 9.33. The van der Waals surface area contributed by atoms with E-state index in [4.69, 9.17) is 16.3 Å². The van der Waals surface area contributed by atoms with Gasteiger partial charge < -0.3 is 10.1 Å². The number of amides is 1. The summed E-state index contributed by atoms with van der Waals surface area (Å²) in [5.74, 6) is 0.202. The molecule has 32 heavy (non-hydrogen) atoms. The standard InChI is InChI=1S/C24H21ClFN3O2S/c1-15-3-6-21(7-16(15)2)31-13-17-8-23(32-14-17)24(30)28-20-10-27-29(12-20)11-18-4-5-19(26)9-22(18)25/h3-10,12,14H,11,13H2,1-2H3,(H,28,30). The topological polar surface area (TPSA) is 56.1 Å². The zero-order valence-electron chi connectivity index (χ0n) is 17.6. The van der Waals surface area contributed by atoms with Gasteiger partial charge in [-0.1, -0.05) is 23.7 Å². The van der Waals surface area contributed by atoms with Crippen LogP contribution in [0.25, 0.3) is 0 Å². The van der Waals surface area contributed by atoms with Crippen LogP contribution in [0.3, 0.4) is 0 Å². The van der Waals surface area contributed by atoms with Crippen molar-refractivity contribution >= 4 is 34.5 Å². The molecule has 0 atom stereocenters. The van der Waals surface area contributed by atoms with Crippen molar-refractivity contribution in [2.24, 2.45) is 0 Å². The minimum absolute atomic E-state index is 0.216. The molecular weight excluding hydrogens is 449 g/mol. The summed E-state index contributed by atoms with van der Waals surface area (Å²) in [7, 11) is 0. The van der Waals surface area contributed by atoms with E-state index in [1.165, 1.54) is 34.6 Å². The second-order valence-electron chi connectivity index (χ2n) is 7.47. The molecular formula is C24H21ClFN3O2S. The highest BCUT2D eigenvalue weighted by molar-refractivity contribution is 7.12. The second kappa shape index (κ2) is 9.54. The van der Waals surface area contributed by atoms with E-state index < -0.39 is 0 Å². The number of carbonyl (C=O) groups is 1. The summed E-state index contributed by atoms with van der Waals surface area (Å²) in [6.07, 6.45) is 3.27. The number of nitrogens with zero attached hydrogens (tertiary/aromatic N) is 2. The SMILES string of the molecule is Cc1ccc(OCc2csc(C(=O)Nc3cnn(Cc4ccc(F)cc4Cl)c3)c2)cc1C. The van der Waals surface area contributed by atoms with Gasteiger partial charge in [0.2, 0.25) is 0 Å². The molecule has 0 aliphatic heterocycles. The number of carbonyl (C=O) groups excluding carboxylic acids is 1. The molecule has 0 aliphatic rings. The summed E-state index contributed by atoms with van der Waals surface area (Å²) >= 11 is 7.43. The highest BCUT2D eigenvalue weighted by Gasteiger charge is 2.12. The third-order valence-corrected chi connectivity index (χ3v) is 6.33. The summed E-state index contributed by atoms with van der Waals surface area (Å²) in [6.45, 7) is 4.87. The highest BCUT2D eigenvalue weighted by atomic mass is 35.5. The molecule has 1 amide bonds. The van der Waals surface area contributed by atoms with Gasteiger partial charge in [0.15, 0.2) is 0 Å². The van der Waals surface area contributed by atoms with Gasteiger partial charge in [0.25, 0.3) is 5.91 Å². The fourth-order valence-corrected chi connectivity index (χ4v) is 4.09. The normalized spacial score (nSPS) is 10.9. The maximum atomic E-state index is 13.2. The van der Waals surface area contributed by atoms with Crippen LogP contribution >= 0.6 is 22.9 Å². The van der Waals surface area contributed by atoms with E-state index in [1.807, 2.05) is 36.6 Å². The fraction of sp³-hybridized carbons (Fsp3) is 0.167. The number of thiophene rings is 1. The van der Waals surface area contributed by atoms with Gasteiger partial charge in [0.1, 0.15) is 18.2 Å². The molecule has 0 saturated carbocycles. The second-order valence-corrected chi connectivity index (χ2v) is 8.79. The number of aromatic nitrogens is 2. The van der Waals surface area contributed by atoms with Gasteiger partial charge in [0, 0.05) is 16.8 Å². The molecule has 0 saturated heterocycles. The Bertz CT molecular complexity index is 1270. The molecule has 4 aromatic rings. The lowest BCUT2D eigenvalue weighted by molar-refractivity contribution is 0.103. The van der Waals surface area contributed by atoms with Gasteiger partial charge in [0.05, 0.1) is 23.3 Å². The average molecular weight is 470 g/mol. The summed E-state index contributed by atoms with van der Waals surface area (Å²) in [6, 6.07) is 12.0. The smallest absolute Gasteiger partial charge is 0.265 e. The van der Waals surface area contributed by atoms with E-state index in [0.29, 0.717) is 28.7 Å². The number of nitrogens with one attached hydrogen (secondary N) is 1. The first kappa shape index (κ1) is 22.0. The predicted molar refractivity (Wildman–Crippen MR) is 125 cm³/mol. The zero-order valence-corrected chi connectivity index (χ0v) is 19.1. The molecule has 2 aromatic heterocycles. The first-order valence-electron chi connectivity index (χ1n) is 9.92. The van der Waals surface area contributed by atoms with Crippen molar-refractivity contribution in [2.45, 2.75) is 27.0 Å². The molecule has 4 rings (SSSR count). The predicted octanol–water partition coefficient (Wildman–Crippen LogP) is 6.23. The number of rotatable bonds is 7. The van der Waals surface area contributed by atoms with Crippen LogP contribution in [0.15, 0.2) is 60.2 Å². The molecule has 0 radical (unpaired) electrons. The molecule has 0 aliphatic carbocycles. The maximum Gasteiger partial charge on any atom is 0.265 e. The van der Waals surface area contributed by atoms with Crippen LogP contribution in [0.4, 0.5) is 10.1 Å². The molecule has 1 N–H and O–H groups in total. The van der Waals surface area contributed by atoms with E-state index in [1.54, 1.807) is 23.1 Å². The van der Waals surface area contributed by atoms with Crippen LogP contribution in [0, 0.1) is 19.7 Å². The largest absolute Gasteiger partial charge is 0.489 e. The third kappa shape index (κ3) is 5.36. The maximum absolute atomic E-state index is 13.2. The minimum Gasteiger partial charge on any atom is -0.489 e. The lowest BCUT2D eigenvalue weighted by Crippen LogP contribution is -2.09. The number of hydrogen-bond acceptors (Lipinski definition) is 4. The van der Waals surface area contributed by atoms with Crippen LogP contribution in [0.1, 0.15) is 31.9 Å². The number of hydrogen-bond donors (Lipinski definition) is 1. The Morgan fingerprint density at radius 1 is 1.19 bits per heavy atom. The van der Waals surface area contributed by atoms with Crippen LogP contribution in [0.2, 0.25) is 5.02 Å². The van der Waals surface area contributed by atoms with Crippen molar-refractivity contribution < 1.29 is 13.9 Å². The Balaban J connectivity index is 1.34. The number of benzene rings is 2. The fourth-order valence-electron chi connectivity index (χ4n) is 3.07. The molecule has 0 spiro atoms. The van der Waals surface area contributed by atoms with Gasteiger partial charge in [-0.2, -0.15) is 5.10 Å². The quantitative estimate of drug-likeness (QED) is 0.349. The Kier molecular flexibility index (Phi) is 6.58. The molecule has 0 bridgehead atoms. The first-order chi connectivity index (χ1) is 15.4. The number of anilines is 1.